The number of aryl methyl sites for hydroxylation is 1. The number of carbonyl (C=O) groups excluding carboxylic acids is 1. The molecule has 0 bridgehead atoms. The highest BCUT2D eigenvalue weighted by atomic mass is 16.3. The van der Waals surface area contributed by atoms with Gasteiger partial charge in [-0.3, -0.25) is 4.79 Å². The second-order valence-electron chi connectivity index (χ2n) is 5.35. The molecule has 6 nitrogen and oxygen atoms in total. The van der Waals surface area contributed by atoms with Crippen LogP contribution in [0.2, 0.25) is 0 Å². The summed E-state index contributed by atoms with van der Waals surface area (Å²) in [6.45, 7) is 0.876. The van der Waals surface area contributed by atoms with Gasteiger partial charge in [0.25, 0.3) is 0 Å². The van der Waals surface area contributed by atoms with Crippen molar-refractivity contribution in [1.29, 1.82) is 0 Å². The van der Waals surface area contributed by atoms with Gasteiger partial charge in [-0.25, -0.2) is 4.98 Å². The van der Waals surface area contributed by atoms with Crippen molar-refractivity contribution in [3.05, 3.63) is 18.2 Å². The van der Waals surface area contributed by atoms with Gasteiger partial charge >= 0.3 is 0 Å². The van der Waals surface area contributed by atoms with Crippen molar-refractivity contribution in [1.82, 2.24) is 14.5 Å². The fourth-order valence-corrected chi connectivity index (χ4v) is 2.75. The molecule has 2 N–H and O–H groups in total. The van der Waals surface area contributed by atoms with Crippen molar-refractivity contribution in [3.63, 3.8) is 0 Å². The number of imidazole rings is 1. The average molecular weight is 251 g/mol. The summed E-state index contributed by atoms with van der Waals surface area (Å²) >= 11 is 0. The molecule has 1 unspecified atom stereocenters. The van der Waals surface area contributed by atoms with Crippen LogP contribution in [-0.2, 0) is 17.8 Å². The lowest BCUT2D eigenvalue weighted by Gasteiger charge is -2.46. The van der Waals surface area contributed by atoms with Gasteiger partial charge in [-0.05, 0) is 12.8 Å². The summed E-state index contributed by atoms with van der Waals surface area (Å²) in [7, 11) is 0. The summed E-state index contributed by atoms with van der Waals surface area (Å²) in [4.78, 5) is 17.9. The Morgan fingerprint density at radius 1 is 1.56 bits per heavy atom. The van der Waals surface area contributed by atoms with E-state index in [4.69, 9.17) is 5.11 Å². The molecule has 0 saturated carbocycles. The number of hydrogen-bond donors (Lipinski definition) is 2. The van der Waals surface area contributed by atoms with E-state index in [9.17, 15) is 9.90 Å². The fourth-order valence-electron chi connectivity index (χ4n) is 2.75. The van der Waals surface area contributed by atoms with E-state index < -0.39 is 5.60 Å². The second-order valence-corrected chi connectivity index (χ2v) is 5.35. The van der Waals surface area contributed by atoms with Gasteiger partial charge < -0.3 is 19.7 Å². The highest BCUT2D eigenvalue weighted by Crippen LogP contribution is 2.26. The van der Waals surface area contributed by atoms with Crippen molar-refractivity contribution < 1.29 is 15.0 Å². The van der Waals surface area contributed by atoms with Gasteiger partial charge in [0, 0.05) is 18.4 Å². The molecule has 0 radical (unpaired) electrons. The van der Waals surface area contributed by atoms with Crippen LogP contribution in [0.4, 0.5) is 0 Å². The topological polar surface area (TPSA) is 78.6 Å². The van der Waals surface area contributed by atoms with Crippen LogP contribution < -0.4 is 0 Å². The Bertz CT molecular complexity index is 465. The molecule has 2 aliphatic rings. The van der Waals surface area contributed by atoms with Crippen LogP contribution in [0.15, 0.2) is 12.5 Å². The summed E-state index contributed by atoms with van der Waals surface area (Å²) in [6.07, 6.45) is 5.30. The molecule has 0 spiro atoms. The lowest BCUT2D eigenvalue weighted by molar-refractivity contribution is -0.167. The maximum atomic E-state index is 12.2. The molecule has 3 heterocycles. The molecule has 0 aliphatic carbocycles. The maximum absolute atomic E-state index is 12.2. The van der Waals surface area contributed by atoms with Crippen molar-refractivity contribution in [2.75, 3.05) is 19.7 Å². The lowest BCUT2D eigenvalue weighted by Crippen LogP contribution is -2.66. The minimum atomic E-state index is -1.08. The van der Waals surface area contributed by atoms with E-state index in [1.165, 1.54) is 5.69 Å². The van der Waals surface area contributed by atoms with Crippen LogP contribution in [0.1, 0.15) is 12.1 Å². The van der Waals surface area contributed by atoms with Crippen molar-refractivity contribution >= 4 is 5.91 Å². The van der Waals surface area contributed by atoms with Crippen LogP contribution >= 0.6 is 0 Å². The molecule has 18 heavy (non-hydrogen) atoms. The molecule has 1 fully saturated rings. The lowest BCUT2D eigenvalue weighted by atomic mass is 9.90. The molecular formula is C12H17N3O3. The Kier molecular flexibility index (Phi) is 2.64. The van der Waals surface area contributed by atoms with Crippen LogP contribution in [-0.4, -0.2) is 55.9 Å². The number of aliphatic hydroxyl groups is 2. The molecular weight excluding hydrogens is 234 g/mol. The maximum Gasteiger partial charge on any atom is 0.227 e. The van der Waals surface area contributed by atoms with Gasteiger partial charge in [-0.1, -0.05) is 0 Å². The fraction of sp³-hybridized carbons (Fsp3) is 0.667. The number of β-amino-alcohol motifs (C(OH)–C–C–N with tert-alkyl or cyclic N) is 1. The zero-order chi connectivity index (χ0) is 12.8. The molecule has 3 rings (SSSR count). The van der Waals surface area contributed by atoms with Crippen molar-refractivity contribution in [3.8, 4) is 0 Å². The number of rotatable bonds is 2. The average Bonchev–Trinajstić information content (AvgIpc) is 2.81. The third-order valence-corrected chi connectivity index (χ3v) is 3.89. The molecule has 0 aromatic carbocycles. The van der Waals surface area contributed by atoms with Crippen LogP contribution in [0.5, 0.6) is 0 Å². The minimum absolute atomic E-state index is 0.0325. The molecule has 1 atom stereocenters. The monoisotopic (exact) mass is 251 g/mol. The first kappa shape index (κ1) is 11.7. The van der Waals surface area contributed by atoms with Gasteiger partial charge in [0.2, 0.25) is 5.91 Å². The predicted molar refractivity (Wildman–Crippen MR) is 62.7 cm³/mol. The molecule has 1 amide bonds. The van der Waals surface area contributed by atoms with E-state index in [0.717, 1.165) is 12.8 Å². The summed E-state index contributed by atoms with van der Waals surface area (Å²) in [5.41, 5.74) is 0.0966. The van der Waals surface area contributed by atoms with E-state index in [1.807, 2.05) is 10.8 Å². The normalized spacial score (nSPS) is 25.4. The number of nitrogens with zero attached hydrogens (tertiary/aromatic N) is 3. The molecule has 1 aromatic rings. The van der Waals surface area contributed by atoms with E-state index in [2.05, 4.69) is 4.98 Å². The molecule has 6 heteroatoms. The van der Waals surface area contributed by atoms with Crippen molar-refractivity contribution in [2.45, 2.75) is 25.0 Å². The molecule has 1 saturated heterocycles. The zero-order valence-corrected chi connectivity index (χ0v) is 10.1. The van der Waals surface area contributed by atoms with Crippen LogP contribution in [0.3, 0.4) is 0 Å². The Hall–Kier alpha value is -1.40. The number of amides is 1. The Morgan fingerprint density at radius 2 is 2.33 bits per heavy atom. The molecule has 98 valence electrons. The molecule has 2 aliphatic heterocycles. The number of carbonyl (C=O) groups is 1. The number of aromatic nitrogens is 2. The third-order valence-electron chi connectivity index (χ3n) is 3.89. The standard InChI is InChI=1S/C12H17N3O3/c16-7-12(18)5-15(6-12)11(17)9-1-2-10-3-13-8-14(10)4-9/h3,8-9,16,18H,1-2,4-7H2. The number of hydrogen-bond acceptors (Lipinski definition) is 4. The highest BCUT2D eigenvalue weighted by Gasteiger charge is 2.44. The quantitative estimate of drug-likeness (QED) is 0.707. The van der Waals surface area contributed by atoms with Crippen LogP contribution in [0, 0.1) is 5.92 Å². The molecule has 1 aromatic heterocycles. The Morgan fingerprint density at radius 3 is 3.06 bits per heavy atom. The smallest absolute Gasteiger partial charge is 0.227 e. The van der Waals surface area contributed by atoms with Gasteiger partial charge in [0.15, 0.2) is 0 Å². The predicted octanol–water partition coefficient (Wildman–Crippen LogP) is -0.989. The van der Waals surface area contributed by atoms with E-state index in [1.54, 1.807) is 11.2 Å². The van der Waals surface area contributed by atoms with E-state index in [0.29, 0.717) is 6.54 Å². The number of likely N-dealkylation sites (tertiary alicyclic amines) is 1. The number of aliphatic hydroxyl groups excluding tert-OH is 1. The largest absolute Gasteiger partial charge is 0.393 e. The van der Waals surface area contributed by atoms with E-state index in [-0.39, 0.29) is 31.5 Å². The minimum Gasteiger partial charge on any atom is -0.393 e. The van der Waals surface area contributed by atoms with Gasteiger partial charge in [-0.2, -0.15) is 0 Å². The summed E-state index contributed by atoms with van der Waals surface area (Å²) < 4.78 is 2.02. The summed E-state index contributed by atoms with van der Waals surface area (Å²) in [5.74, 6) is 0.0439. The first-order chi connectivity index (χ1) is 8.61. The summed E-state index contributed by atoms with van der Waals surface area (Å²) in [5, 5.41) is 18.7. The van der Waals surface area contributed by atoms with Crippen LogP contribution in [0.25, 0.3) is 0 Å². The van der Waals surface area contributed by atoms with Crippen molar-refractivity contribution in [2.24, 2.45) is 5.92 Å². The third kappa shape index (κ3) is 1.81. The first-order valence-electron chi connectivity index (χ1n) is 6.22. The summed E-state index contributed by atoms with van der Waals surface area (Å²) in [6, 6.07) is 0. The van der Waals surface area contributed by atoms with Gasteiger partial charge in [0.05, 0.1) is 31.9 Å². The Balaban J connectivity index is 1.62. The van der Waals surface area contributed by atoms with E-state index >= 15 is 0 Å². The zero-order valence-electron chi connectivity index (χ0n) is 10.1. The number of fused-ring (bicyclic) bond motifs is 1. The Labute approximate surface area is 105 Å². The highest BCUT2D eigenvalue weighted by molar-refractivity contribution is 5.80. The van der Waals surface area contributed by atoms with Gasteiger partial charge in [0.1, 0.15) is 5.60 Å². The second kappa shape index (κ2) is 4.07. The van der Waals surface area contributed by atoms with Gasteiger partial charge in [-0.15, -0.1) is 0 Å². The SMILES string of the molecule is O=C(C1CCc2cncn2C1)N1CC(O)(CO)C1. The first-order valence-corrected chi connectivity index (χ1v) is 6.22.